The first-order valence-corrected chi connectivity index (χ1v) is 13.4. The normalized spacial score (nSPS) is 14.3. The molecule has 0 aromatic heterocycles. The van der Waals surface area contributed by atoms with Crippen molar-refractivity contribution in [2.45, 2.75) is 50.7 Å². The number of nitrogens with one attached hydrogen (secondary N) is 1. The van der Waals surface area contributed by atoms with Crippen LogP contribution in [0.2, 0.25) is 5.02 Å². The molecule has 0 saturated heterocycles. The van der Waals surface area contributed by atoms with E-state index in [1.54, 1.807) is 23.1 Å². The summed E-state index contributed by atoms with van der Waals surface area (Å²) < 4.78 is 6.52. The summed E-state index contributed by atoms with van der Waals surface area (Å²) in [6.45, 7) is 0.107. The molecule has 0 aliphatic heterocycles. The number of hydrogen-bond donors (Lipinski definition) is 1. The predicted octanol–water partition coefficient (Wildman–Crippen LogP) is 6.18. The van der Waals surface area contributed by atoms with Crippen molar-refractivity contribution in [3.05, 3.63) is 99.5 Å². The molecule has 0 bridgehead atoms. The largest absolute Gasteiger partial charge is 0.483 e. The Morgan fingerprint density at radius 3 is 2.25 bits per heavy atom. The van der Waals surface area contributed by atoms with Gasteiger partial charge >= 0.3 is 0 Å². The molecule has 7 heteroatoms. The quantitative estimate of drug-likeness (QED) is 0.317. The smallest absolute Gasteiger partial charge is 0.261 e. The van der Waals surface area contributed by atoms with Crippen LogP contribution in [0.4, 0.5) is 0 Å². The summed E-state index contributed by atoms with van der Waals surface area (Å²) in [6, 6.07) is 24.2. The van der Waals surface area contributed by atoms with Gasteiger partial charge in [-0.3, -0.25) is 9.59 Å². The van der Waals surface area contributed by atoms with E-state index in [4.69, 9.17) is 16.3 Å². The lowest BCUT2D eigenvalue weighted by Crippen LogP contribution is -2.53. The van der Waals surface area contributed by atoms with E-state index in [2.05, 4.69) is 21.2 Å². The van der Waals surface area contributed by atoms with Crippen LogP contribution in [0, 0.1) is 0 Å². The van der Waals surface area contributed by atoms with E-state index in [0.29, 0.717) is 28.2 Å². The third-order valence-corrected chi connectivity index (χ3v) is 7.27. The van der Waals surface area contributed by atoms with Crippen LogP contribution in [-0.2, 0) is 22.6 Å². The van der Waals surface area contributed by atoms with Crippen LogP contribution >= 0.6 is 27.5 Å². The number of halogens is 2. The van der Waals surface area contributed by atoms with Crippen molar-refractivity contribution in [1.29, 1.82) is 0 Å². The topological polar surface area (TPSA) is 58.6 Å². The molecule has 1 aliphatic rings. The summed E-state index contributed by atoms with van der Waals surface area (Å²) in [4.78, 5) is 28.9. The van der Waals surface area contributed by atoms with Gasteiger partial charge in [0.25, 0.3) is 5.91 Å². The minimum Gasteiger partial charge on any atom is -0.483 e. The van der Waals surface area contributed by atoms with Crippen molar-refractivity contribution in [3.8, 4) is 5.75 Å². The van der Waals surface area contributed by atoms with Gasteiger partial charge in [-0.15, -0.1) is 0 Å². The highest BCUT2D eigenvalue weighted by Crippen LogP contribution is 2.28. The lowest BCUT2D eigenvalue weighted by Gasteiger charge is -2.32. The van der Waals surface area contributed by atoms with E-state index < -0.39 is 6.04 Å². The zero-order chi connectivity index (χ0) is 25.3. The van der Waals surface area contributed by atoms with Crippen molar-refractivity contribution in [3.63, 3.8) is 0 Å². The minimum absolute atomic E-state index is 0.122. The number of nitrogens with zero attached hydrogens (tertiary/aromatic N) is 1. The van der Waals surface area contributed by atoms with Gasteiger partial charge in [0.15, 0.2) is 6.61 Å². The summed E-state index contributed by atoms with van der Waals surface area (Å²) in [5.74, 6) is 0.133. The van der Waals surface area contributed by atoms with Crippen molar-refractivity contribution in [2.24, 2.45) is 0 Å². The molecule has 188 valence electrons. The Hall–Kier alpha value is -2.83. The van der Waals surface area contributed by atoms with E-state index in [9.17, 15) is 9.59 Å². The third-order valence-electron chi connectivity index (χ3n) is 6.41. The van der Waals surface area contributed by atoms with E-state index in [1.165, 1.54) is 0 Å². The van der Waals surface area contributed by atoms with Crippen LogP contribution < -0.4 is 10.1 Å². The molecule has 2 amide bonds. The van der Waals surface area contributed by atoms with Gasteiger partial charge in [-0.25, -0.2) is 0 Å². The average molecular weight is 570 g/mol. The molecule has 0 heterocycles. The molecule has 1 atom stereocenters. The van der Waals surface area contributed by atoms with Crippen LogP contribution in [0.3, 0.4) is 0 Å². The molecule has 1 N–H and O–H groups in total. The zero-order valence-electron chi connectivity index (χ0n) is 20.0. The summed E-state index contributed by atoms with van der Waals surface area (Å²) >= 11 is 9.47. The lowest BCUT2D eigenvalue weighted by atomic mass is 10.0. The van der Waals surface area contributed by atoms with Crippen molar-refractivity contribution < 1.29 is 14.3 Å². The SMILES string of the molecule is O=C(NC1CCCC1)C(Cc1ccccc1)N(Cc1ccccc1)C(=O)COc1ccc(Cl)cc1Br. The Kier molecular flexibility index (Phi) is 9.42. The molecule has 3 aromatic rings. The molecular weight excluding hydrogens is 540 g/mol. The van der Waals surface area contributed by atoms with Crippen LogP contribution in [0.25, 0.3) is 0 Å². The number of rotatable bonds is 10. The first kappa shape index (κ1) is 26.2. The second kappa shape index (κ2) is 12.9. The fraction of sp³-hybridized carbons (Fsp3) is 0.310. The second-order valence-electron chi connectivity index (χ2n) is 9.07. The van der Waals surface area contributed by atoms with E-state index in [0.717, 1.165) is 36.8 Å². The van der Waals surface area contributed by atoms with Crippen LogP contribution in [0.5, 0.6) is 5.75 Å². The van der Waals surface area contributed by atoms with Gasteiger partial charge in [0, 0.05) is 24.0 Å². The molecule has 1 unspecified atom stereocenters. The summed E-state index contributed by atoms with van der Waals surface area (Å²) in [5.41, 5.74) is 1.95. The van der Waals surface area contributed by atoms with Crippen LogP contribution in [0.15, 0.2) is 83.3 Å². The third kappa shape index (κ3) is 7.34. The summed E-state index contributed by atoms with van der Waals surface area (Å²) in [6.07, 6.45) is 4.60. The molecular formula is C29H30BrClN2O3. The van der Waals surface area contributed by atoms with Crippen molar-refractivity contribution >= 4 is 39.3 Å². The minimum atomic E-state index is -0.669. The fourth-order valence-electron chi connectivity index (χ4n) is 4.52. The lowest BCUT2D eigenvalue weighted by molar-refractivity contribution is -0.143. The number of carbonyl (C=O) groups is 2. The van der Waals surface area contributed by atoms with Gasteiger partial charge in [-0.1, -0.05) is 85.1 Å². The number of hydrogen-bond acceptors (Lipinski definition) is 3. The Morgan fingerprint density at radius 1 is 0.972 bits per heavy atom. The van der Waals surface area contributed by atoms with Gasteiger partial charge in [-0.05, 0) is 58.1 Å². The van der Waals surface area contributed by atoms with E-state index >= 15 is 0 Å². The highest BCUT2D eigenvalue weighted by molar-refractivity contribution is 9.10. The van der Waals surface area contributed by atoms with Crippen molar-refractivity contribution in [2.75, 3.05) is 6.61 Å². The average Bonchev–Trinajstić information content (AvgIpc) is 3.39. The van der Waals surface area contributed by atoms with Crippen LogP contribution in [-0.4, -0.2) is 35.4 Å². The Morgan fingerprint density at radius 2 is 1.61 bits per heavy atom. The van der Waals surface area contributed by atoms with Gasteiger partial charge < -0.3 is 15.0 Å². The molecule has 0 spiro atoms. The van der Waals surface area contributed by atoms with Gasteiger partial charge in [-0.2, -0.15) is 0 Å². The Bertz CT molecular complexity index is 1150. The monoisotopic (exact) mass is 568 g/mol. The number of carbonyl (C=O) groups excluding carboxylic acids is 2. The standard InChI is InChI=1S/C29H30BrClN2O3/c30-25-18-23(31)15-16-27(25)36-20-28(34)33(19-22-11-5-2-6-12-22)26(17-21-9-3-1-4-10-21)29(35)32-24-13-7-8-14-24/h1-6,9-12,15-16,18,24,26H,7-8,13-14,17,19-20H2,(H,32,35). The Balaban J connectivity index is 1.60. The maximum atomic E-state index is 13.7. The van der Waals surface area contributed by atoms with Gasteiger partial charge in [0.2, 0.25) is 5.91 Å². The van der Waals surface area contributed by atoms with Crippen molar-refractivity contribution in [1.82, 2.24) is 10.2 Å². The first-order chi connectivity index (χ1) is 17.5. The predicted molar refractivity (Wildman–Crippen MR) is 146 cm³/mol. The maximum absolute atomic E-state index is 13.7. The zero-order valence-corrected chi connectivity index (χ0v) is 22.4. The number of benzene rings is 3. The highest BCUT2D eigenvalue weighted by atomic mass is 79.9. The molecule has 1 saturated carbocycles. The molecule has 36 heavy (non-hydrogen) atoms. The fourth-order valence-corrected chi connectivity index (χ4v) is 5.31. The summed E-state index contributed by atoms with van der Waals surface area (Å²) in [7, 11) is 0. The van der Waals surface area contributed by atoms with Gasteiger partial charge in [0.05, 0.1) is 4.47 Å². The highest BCUT2D eigenvalue weighted by Gasteiger charge is 2.32. The molecule has 5 nitrogen and oxygen atoms in total. The molecule has 1 aliphatic carbocycles. The Labute approximate surface area is 225 Å². The first-order valence-electron chi connectivity index (χ1n) is 12.2. The maximum Gasteiger partial charge on any atom is 0.261 e. The van der Waals surface area contributed by atoms with E-state index in [1.807, 2.05) is 60.7 Å². The molecule has 1 fully saturated rings. The van der Waals surface area contributed by atoms with E-state index in [-0.39, 0.29) is 24.5 Å². The summed E-state index contributed by atoms with van der Waals surface area (Å²) in [5, 5.41) is 3.78. The van der Waals surface area contributed by atoms with Gasteiger partial charge in [0.1, 0.15) is 11.8 Å². The van der Waals surface area contributed by atoms with Crippen LogP contribution in [0.1, 0.15) is 36.8 Å². The number of ether oxygens (including phenoxy) is 1. The second-order valence-corrected chi connectivity index (χ2v) is 10.4. The molecule has 3 aromatic carbocycles. The molecule has 0 radical (unpaired) electrons. The molecule has 4 rings (SSSR count). The number of amides is 2.